The minimum Gasteiger partial charge on any atom is -0.393 e. The van der Waals surface area contributed by atoms with Crippen molar-refractivity contribution in [3.05, 3.63) is 35.1 Å². The van der Waals surface area contributed by atoms with Crippen LogP contribution in [0.2, 0.25) is 0 Å². The smallest absolute Gasteiger partial charge is 0.218 e. The van der Waals surface area contributed by atoms with Crippen molar-refractivity contribution < 1.29 is 17.9 Å². The minimum atomic E-state index is -3.70. The van der Waals surface area contributed by atoms with Crippen LogP contribution in [0.5, 0.6) is 0 Å². The van der Waals surface area contributed by atoms with Crippen molar-refractivity contribution in [1.82, 2.24) is 4.31 Å². The summed E-state index contributed by atoms with van der Waals surface area (Å²) in [6.07, 6.45) is 1.89. The number of nitriles is 1. The van der Waals surface area contributed by atoms with Crippen LogP contribution in [0.25, 0.3) is 0 Å². The summed E-state index contributed by atoms with van der Waals surface area (Å²) in [5.74, 6) is -1.21. The SMILES string of the molecule is CN(CC1CCCC1O)S(=O)(=O)Cc1cc(C#N)ccc1F. The second kappa shape index (κ2) is 6.73. The van der Waals surface area contributed by atoms with E-state index >= 15 is 0 Å². The zero-order valence-electron chi connectivity index (χ0n) is 12.4. The number of hydrogen-bond donors (Lipinski definition) is 1. The third-order valence-electron chi connectivity index (χ3n) is 4.10. The lowest BCUT2D eigenvalue weighted by molar-refractivity contribution is 0.123. The Hall–Kier alpha value is -1.49. The van der Waals surface area contributed by atoms with Crippen LogP contribution < -0.4 is 0 Å². The van der Waals surface area contributed by atoms with Crippen molar-refractivity contribution in [3.63, 3.8) is 0 Å². The van der Waals surface area contributed by atoms with E-state index in [1.54, 1.807) is 0 Å². The Balaban J connectivity index is 2.12. The molecule has 2 atom stereocenters. The highest BCUT2D eigenvalue weighted by atomic mass is 32.2. The Bertz CT molecular complexity index is 685. The molecular formula is C15H19FN2O3S. The van der Waals surface area contributed by atoms with Gasteiger partial charge in [-0.15, -0.1) is 0 Å². The number of rotatable bonds is 5. The molecule has 1 aliphatic carbocycles. The van der Waals surface area contributed by atoms with Crippen molar-refractivity contribution in [2.45, 2.75) is 31.1 Å². The molecule has 0 aromatic heterocycles. The molecule has 120 valence electrons. The topological polar surface area (TPSA) is 81.4 Å². The van der Waals surface area contributed by atoms with Gasteiger partial charge < -0.3 is 5.11 Å². The lowest BCUT2D eigenvalue weighted by atomic mass is 10.1. The maximum Gasteiger partial charge on any atom is 0.218 e. The standard InChI is InChI=1S/C15H19FN2O3S/c1-18(9-12-3-2-4-15(12)19)22(20,21)10-13-7-11(8-17)5-6-14(13)16/h5-7,12,15,19H,2-4,9-10H2,1H3. The summed E-state index contributed by atoms with van der Waals surface area (Å²) in [5, 5.41) is 18.6. The number of hydrogen-bond acceptors (Lipinski definition) is 4. The van der Waals surface area contributed by atoms with Crippen LogP contribution >= 0.6 is 0 Å². The molecular weight excluding hydrogens is 307 g/mol. The molecule has 5 nitrogen and oxygen atoms in total. The van der Waals surface area contributed by atoms with Crippen LogP contribution in [0.15, 0.2) is 18.2 Å². The Kier molecular flexibility index (Phi) is 5.16. The Morgan fingerprint density at radius 3 is 2.77 bits per heavy atom. The fourth-order valence-electron chi connectivity index (χ4n) is 2.74. The molecule has 22 heavy (non-hydrogen) atoms. The molecule has 0 saturated heterocycles. The van der Waals surface area contributed by atoms with Gasteiger partial charge in [-0.05, 0) is 37.0 Å². The maximum atomic E-state index is 13.7. The summed E-state index contributed by atoms with van der Waals surface area (Å²) in [5.41, 5.74) is 0.207. The van der Waals surface area contributed by atoms with E-state index < -0.39 is 27.7 Å². The van der Waals surface area contributed by atoms with E-state index in [1.807, 2.05) is 6.07 Å². The molecule has 1 fully saturated rings. The quantitative estimate of drug-likeness (QED) is 0.891. The number of aliphatic hydroxyl groups is 1. The van der Waals surface area contributed by atoms with E-state index in [0.717, 1.165) is 18.9 Å². The second-order valence-electron chi connectivity index (χ2n) is 5.71. The van der Waals surface area contributed by atoms with Gasteiger partial charge in [0.1, 0.15) is 5.82 Å². The van der Waals surface area contributed by atoms with Crippen molar-refractivity contribution in [2.75, 3.05) is 13.6 Å². The van der Waals surface area contributed by atoms with Crippen molar-refractivity contribution in [2.24, 2.45) is 5.92 Å². The molecule has 2 rings (SSSR count). The van der Waals surface area contributed by atoms with Gasteiger partial charge in [0.05, 0.1) is 23.5 Å². The lowest BCUT2D eigenvalue weighted by Crippen LogP contribution is -2.35. The van der Waals surface area contributed by atoms with Gasteiger partial charge in [0, 0.05) is 19.2 Å². The van der Waals surface area contributed by atoms with Crippen molar-refractivity contribution >= 4 is 10.0 Å². The van der Waals surface area contributed by atoms with E-state index in [4.69, 9.17) is 5.26 Å². The number of sulfonamides is 1. The number of halogens is 1. The maximum absolute atomic E-state index is 13.7. The molecule has 0 radical (unpaired) electrons. The van der Waals surface area contributed by atoms with Gasteiger partial charge in [-0.1, -0.05) is 6.42 Å². The highest BCUT2D eigenvalue weighted by molar-refractivity contribution is 7.88. The van der Waals surface area contributed by atoms with Gasteiger partial charge in [-0.3, -0.25) is 0 Å². The second-order valence-corrected chi connectivity index (χ2v) is 7.79. The number of benzene rings is 1. The molecule has 1 saturated carbocycles. The first-order chi connectivity index (χ1) is 10.3. The van der Waals surface area contributed by atoms with Crippen LogP contribution in [0.4, 0.5) is 4.39 Å². The largest absolute Gasteiger partial charge is 0.393 e. The molecule has 2 unspecified atom stereocenters. The fraction of sp³-hybridized carbons (Fsp3) is 0.533. The van der Waals surface area contributed by atoms with Crippen LogP contribution in [0.3, 0.4) is 0 Å². The molecule has 0 bridgehead atoms. The average Bonchev–Trinajstić information content (AvgIpc) is 2.86. The molecule has 0 spiro atoms. The minimum absolute atomic E-state index is 0.0159. The van der Waals surface area contributed by atoms with Crippen molar-refractivity contribution in [1.29, 1.82) is 5.26 Å². The van der Waals surface area contributed by atoms with Crippen LogP contribution in [-0.2, 0) is 15.8 Å². The fourth-order valence-corrected chi connectivity index (χ4v) is 3.99. The molecule has 0 amide bonds. The Labute approximate surface area is 130 Å². The summed E-state index contributed by atoms with van der Waals surface area (Å²) in [6, 6.07) is 5.53. The van der Waals surface area contributed by atoms with E-state index in [1.165, 1.54) is 23.5 Å². The normalized spacial score (nSPS) is 22.0. The zero-order chi connectivity index (χ0) is 16.3. The first-order valence-corrected chi connectivity index (χ1v) is 8.75. The molecule has 1 aromatic rings. The third kappa shape index (κ3) is 3.83. The van der Waals surface area contributed by atoms with E-state index in [-0.39, 0.29) is 23.6 Å². The summed E-state index contributed by atoms with van der Waals surface area (Å²) in [7, 11) is -2.26. The molecule has 1 N–H and O–H groups in total. The predicted octanol–water partition coefficient (Wildman–Crippen LogP) is 1.62. The van der Waals surface area contributed by atoms with Crippen LogP contribution in [0, 0.1) is 23.1 Å². The zero-order valence-corrected chi connectivity index (χ0v) is 13.2. The Morgan fingerprint density at radius 1 is 1.45 bits per heavy atom. The Morgan fingerprint density at radius 2 is 2.18 bits per heavy atom. The molecule has 0 heterocycles. The van der Waals surface area contributed by atoms with E-state index in [2.05, 4.69) is 0 Å². The molecule has 1 aliphatic rings. The molecule has 7 heteroatoms. The summed E-state index contributed by atoms with van der Waals surface area (Å²) in [4.78, 5) is 0. The summed E-state index contributed by atoms with van der Waals surface area (Å²) in [6.45, 7) is 0.225. The highest BCUT2D eigenvalue weighted by Gasteiger charge is 2.30. The third-order valence-corrected chi connectivity index (χ3v) is 5.87. The molecule has 1 aromatic carbocycles. The predicted molar refractivity (Wildman–Crippen MR) is 79.7 cm³/mol. The van der Waals surface area contributed by atoms with Crippen LogP contribution in [0.1, 0.15) is 30.4 Å². The van der Waals surface area contributed by atoms with Crippen molar-refractivity contribution in [3.8, 4) is 6.07 Å². The van der Waals surface area contributed by atoms with E-state index in [9.17, 15) is 17.9 Å². The first kappa shape index (κ1) is 16.9. The first-order valence-electron chi connectivity index (χ1n) is 7.14. The van der Waals surface area contributed by atoms with Gasteiger partial charge in [0.15, 0.2) is 0 Å². The number of aliphatic hydroxyl groups excluding tert-OH is 1. The average molecular weight is 326 g/mol. The lowest BCUT2D eigenvalue weighted by Gasteiger charge is -2.23. The monoisotopic (exact) mass is 326 g/mol. The van der Waals surface area contributed by atoms with Gasteiger partial charge >= 0.3 is 0 Å². The van der Waals surface area contributed by atoms with E-state index in [0.29, 0.717) is 6.42 Å². The molecule has 0 aliphatic heterocycles. The van der Waals surface area contributed by atoms with Gasteiger partial charge in [0.25, 0.3) is 0 Å². The van der Waals surface area contributed by atoms with Gasteiger partial charge in [-0.2, -0.15) is 5.26 Å². The van der Waals surface area contributed by atoms with Gasteiger partial charge in [-0.25, -0.2) is 17.1 Å². The van der Waals surface area contributed by atoms with Gasteiger partial charge in [0.2, 0.25) is 10.0 Å². The van der Waals surface area contributed by atoms with Crippen LogP contribution in [-0.4, -0.2) is 37.5 Å². The summed E-state index contributed by atoms with van der Waals surface area (Å²) < 4.78 is 39.6. The summed E-state index contributed by atoms with van der Waals surface area (Å²) >= 11 is 0. The number of nitrogens with zero attached hydrogens (tertiary/aromatic N) is 2. The highest BCUT2D eigenvalue weighted by Crippen LogP contribution is 2.27.